The maximum atomic E-state index is 11.6. The lowest BCUT2D eigenvalue weighted by molar-refractivity contribution is -0.120. The highest BCUT2D eigenvalue weighted by Gasteiger charge is 2.20. The lowest BCUT2D eigenvalue weighted by atomic mass is 10.0. The first-order valence-corrected chi connectivity index (χ1v) is 7.44. The molecule has 1 heterocycles. The van der Waals surface area contributed by atoms with Crippen LogP contribution in [0.1, 0.15) is 32.6 Å². The topological polar surface area (TPSA) is 44.4 Å². The Labute approximate surface area is 135 Å². The van der Waals surface area contributed by atoms with Crippen LogP contribution in [0.25, 0.3) is 0 Å². The number of halogens is 2. The summed E-state index contributed by atoms with van der Waals surface area (Å²) in [5.41, 5.74) is 0. The summed E-state index contributed by atoms with van der Waals surface area (Å²) in [6.45, 7) is 7.97. The van der Waals surface area contributed by atoms with Crippen LogP contribution in [0.5, 0.6) is 0 Å². The normalized spacial score (nSPS) is 22.6. The van der Waals surface area contributed by atoms with Crippen LogP contribution in [0.2, 0.25) is 0 Å². The van der Waals surface area contributed by atoms with Crippen LogP contribution in [-0.2, 0) is 4.79 Å². The lowest BCUT2D eigenvalue weighted by Gasteiger charge is -2.30. The van der Waals surface area contributed by atoms with E-state index in [0.29, 0.717) is 6.54 Å². The van der Waals surface area contributed by atoms with Crippen molar-refractivity contribution < 1.29 is 4.79 Å². The molecule has 2 aliphatic rings. The molecule has 1 atom stereocenters. The van der Waals surface area contributed by atoms with E-state index in [1.165, 1.54) is 38.8 Å². The van der Waals surface area contributed by atoms with Crippen molar-refractivity contribution in [1.29, 1.82) is 0 Å². The molecule has 0 spiro atoms. The Hall–Kier alpha value is -0.0300. The number of carbonyl (C=O) groups is 1. The van der Waals surface area contributed by atoms with Gasteiger partial charge in [-0.15, -0.1) is 24.8 Å². The van der Waals surface area contributed by atoms with Crippen molar-refractivity contribution in [3.63, 3.8) is 0 Å². The van der Waals surface area contributed by atoms with Crippen molar-refractivity contribution in [2.24, 2.45) is 11.8 Å². The Bertz CT molecular complexity index is 275. The van der Waals surface area contributed by atoms with Gasteiger partial charge in [0.25, 0.3) is 0 Å². The molecule has 20 heavy (non-hydrogen) atoms. The summed E-state index contributed by atoms with van der Waals surface area (Å²) < 4.78 is 0. The van der Waals surface area contributed by atoms with E-state index in [0.717, 1.165) is 31.5 Å². The van der Waals surface area contributed by atoms with Crippen molar-refractivity contribution in [1.82, 2.24) is 15.5 Å². The Balaban J connectivity index is 0.00000180. The number of carbonyl (C=O) groups excluding carboxylic acids is 1. The summed E-state index contributed by atoms with van der Waals surface area (Å²) in [6.07, 6.45) is 5.33. The molecule has 1 aliphatic heterocycles. The Morgan fingerprint density at radius 3 is 2.65 bits per heavy atom. The fourth-order valence-corrected chi connectivity index (χ4v) is 2.62. The van der Waals surface area contributed by atoms with Gasteiger partial charge in [0.15, 0.2) is 0 Å². The third-order valence-corrected chi connectivity index (χ3v) is 3.91. The minimum atomic E-state index is 0. The van der Waals surface area contributed by atoms with Crippen LogP contribution < -0.4 is 10.6 Å². The second-order valence-electron chi connectivity index (χ2n) is 5.97. The quantitative estimate of drug-likeness (QED) is 0.748. The van der Waals surface area contributed by atoms with Crippen LogP contribution in [0.4, 0.5) is 0 Å². The van der Waals surface area contributed by atoms with Crippen LogP contribution >= 0.6 is 24.8 Å². The molecule has 1 saturated carbocycles. The van der Waals surface area contributed by atoms with Gasteiger partial charge in [-0.3, -0.25) is 4.79 Å². The van der Waals surface area contributed by atoms with Gasteiger partial charge < -0.3 is 15.5 Å². The molecule has 0 bridgehead atoms. The summed E-state index contributed by atoms with van der Waals surface area (Å²) in [6, 6.07) is 0. The lowest BCUT2D eigenvalue weighted by Crippen LogP contribution is -2.42. The number of nitrogens with zero attached hydrogens (tertiary/aromatic N) is 1. The van der Waals surface area contributed by atoms with Gasteiger partial charge in [0.2, 0.25) is 5.91 Å². The largest absolute Gasteiger partial charge is 0.354 e. The molecule has 1 unspecified atom stereocenters. The van der Waals surface area contributed by atoms with Crippen LogP contribution in [-0.4, -0.2) is 50.1 Å². The van der Waals surface area contributed by atoms with Crippen molar-refractivity contribution in [3.8, 4) is 0 Å². The molecule has 6 heteroatoms. The highest BCUT2D eigenvalue weighted by atomic mass is 35.5. The third-order valence-electron chi connectivity index (χ3n) is 3.91. The zero-order valence-electron chi connectivity index (χ0n) is 12.4. The molecular formula is C14H29Cl2N3O. The van der Waals surface area contributed by atoms with E-state index in [9.17, 15) is 4.79 Å². The molecule has 2 rings (SSSR count). The van der Waals surface area contributed by atoms with Gasteiger partial charge in [-0.2, -0.15) is 0 Å². The first kappa shape index (κ1) is 20.0. The number of hydrogen-bond donors (Lipinski definition) is 2. The van der Waals surface area contributed by atoms with E-state index in [1.807, 2.05) is 0 Å². The number of piperidine rings is 1. The first-order chi connectivity index (χ1) is 8.74. The number of rotatable bonds is 7. The van der Waals surface area contributed by atoms with Crippen LogP contribution in [0.15, 0.2) is 0 Å². The molecule has 1 amide bonds. The van der Waals surface area contributed by atoms with Gasteiger partial charge in [0.05, 0.1) is 6.54 Å². The van der Waals surface area contributed by atoms with E-state index in [1.54, 1.807) is 0 Å². The van der Waals surface area contributed by atoms with Crippen molar-refractivity contribution in [2.75, 3.05) is 39.3 Å². The molecule has 2 fully saturated rings. The SMILES string of the molecule is CC1CCCN(CCNC(=O)CNCC2CC2)C1.Cl.Cl. The predicted octanol–water partition coefficient (Wildman–Crippen LogP) is 1.68. The fraction of sp³-hybridized carbons (Fsp3) is 0.929. The van der Waals surface area contributed by atoms with E-state index >= 15 is 0 Å². The second-order valence-corrected chi connectivity index (χ2v) is 5.97. The highest BCUT2D eigenvalue weighted by molar-refractivity contribution is 5.85. The molecule has 1 saturated heterocycles. The maximum Gasteiger partial charge on any atom is 0.234 e. The van der Waals surface area contributed by atoms with E-state index in [-0.39, 0.29) is 30.7 Å². The molecule has 120 valence electrons. The maximum absolute atomic E-state index is 11.6. The summed E-state index contributed by atoms with van der Waals surface area (Å²) in [7, 11) is 0. The molecule has 0 aromatic carbocycles. The number of nitrogens with one attached hydrogen (secondary N) is 2. The van der Waals surface area contributed by atoms with Crippen molar-refractivity contribution in [3.05, 3.63) is 0 Å². The average molecular weight is 326 g/mol. The number of likely N-dealkylation sites (tertiary alicyclic amines) is 1. The molecular weight excluding hydrogens is 297 g/mol. The molecule has 4 nitrogen and oxygen atoms in total. The van der Waals surface area contributed by atoms with Gasteiger partial charge in [-0.1, -0.05) is 6.92 Å². The van der Waals surface area contributed by atoms with Gasteiger partial charge in [-0.25, -0.2) is 0 Å². The molecule has 0 aromatic heterocycles. The van der Waals surface area contributed by atoms with Crippen LogP contribution in [0.3, 0.4) is 0 Å². The monoisotopic (exact) mass is 325 g/mol. The van der Waals surface area contributed by atoms with Gasteiger partial charge >= 0.3 is 0 Å². The Morgan fingerprint density at radius 1 is 1.25 bits per heavy atom. The summed E-state index contributed by atoms with van der Waals surface area (Å²) in [5, 5.41) is 6.21. The van der Waals surface area contributed by atoms with Gasteiger partial charge in [0.1, 0.15) is 0 Å². The first-order valence-electron chi connectivity index (χ1n) is 7.44. The molecule has 2 N–H and O–H groups in total. The Kier molecular flexibility index (Phi) is 10.6. The second kappa shape index (κ2) is 10.7. The molecule has 0 radical (unpaired) electrons. The van der Waals surface area contributed by atoms with Crippen LogP contribution in [0, 0.1) is 11.8 Å². The Morgan fingerprint density at radius 2 is 2.00 bits per heavy atom. The van der Waals surface area contributed by atoms with E-state index in [2.05, 4.69) is 22.5 Å². The van der Waals surface area contributed by atoms with Gasteiger partial charge in [0, 0.05) is 19.6 Å². The minimum Gasteiger partial charge on any atom is -0.354 e. The minimum absolute atomic E-state index is 0. The van der Waals surface area contributed by atoms with Crippen molar-refractivity contribution in [2.45, 2.75) is 32.6 Å². The van der Waals surface area contributed by atoms with Crippen molar-refractivity contribution >= 4 is 30.7 Å². The summed E-state index contributed by atoms with van der Waals surface area (Å²) in [5.74, 6) is 1.79. The molecule has 1 aliphatic carbocycles. The number of amides is 1. The number of hydrogen-bond acceptors (Lipinski definition) is 3. The zero-order valence-corrected chi connectivity index (χ0v) is 14.0. The fourth-order valence-electron chi connectivity index (χ4n) is 2.62. The average Bonchev–Trinajstić information content (AvgIpc) is 3.13. The predicted molar refractivity (Wildman–Crippen MR) is 87.9 cm³/mol. The third kappa shape index (κ3) is 8.30. The van der Waals surface area contributed by atoms with E-state index in [4.69, 9.17) is 0 Å². The molecule has 0 aromatic rings. The van der Waals surface area contributed by atoms with Gasteiger partial charge in [-0.05, 0) is 50.6 Å². The zero-order chi connectivity index (χ0) is 12.8. The standard InChI is InChI=1S/C14H27N3O.2ClH/c1-12-3-2-7-17(11-12)8-6-16-14(18)10-15-9-13-4-5-13;;/h12-13,15H,2-11H2,1H3,(H,16,18);2*1H. The highest BCUT2D eigenvalue weighted by Crippen LogP contribution is 2.27. The summed E-state index contributed by atoms with van der Waals surface area (Å²) >= 11 is 0. The van der Waals surface area contributed by atoms with E-state index < -0.39 is 0 Å². The summed E-state index contributed by atoms with van der Waals surface area (Å²) in [4.78, 5) is 14.0. The smallest absolute Gasteiger partial charge is 0.234 e.